The number of nitrogens with zero attached hydrogens (tertiary/aromatic N) is 2. The maximum Gasteiger partial charge on any atom is 0.251 e. The number of ether oxygens (including phenoxy) is 1. The van der Waals surface area contributed by atoms with Crippen LogP contribution in [0.4, 0.5) is 0 Å². The molecule has 0 aromatic heterocycles. The average molecular weight is 345 g/mol. The lowest BCUT2D eigenvalue weighted by Gasteiger charge is -2.45. The third-order valence-electron chi connectivity index (χ3n) is 5.28. The minimum Gasteiger partial charge on any atom is -0.381 e. The highest BCUT2D eigenvalue weighted by atomic mass is 16.5. The van der Waals surface area contributed by atoms with Gasteiger partial charge in [0.15, 0.2) is 0 Å². The molecule has 0 aliphatic carbocycles. The highest BCUT2D eigenvalue weighted by Gasteiger charge is 2.33. The summed E-state index contributed by atoms with van der Waals surface area (Å²) < 4.78 is 5.48. The van der Waals surface area contributed by atoms with Crippen molar-refractivity contribution in [3.05, 3.63) is 35.4 Å². The Hall–Kier alpha value is -1.92. The van der Waals surface area contributed by atoms with E-state index >= 15 is 0 Å². The molecule has 2 saturated heterocycles. The van der Waals surface area contributed by atoms with E-state index in [0.717, 1.165) is 51.3 Å². The van der Waals surface area contributed by atoms with Crippen LogP contribution >= 0.6 is 0 Å². The van der Waals surface area contributed by atoms with E-state index in [4.69, 9.17) is 4.74 Å². The average Bonchev–Trinajstić information content (AvgIpc) is 2.67. The zero-order chi connectivity index (χ0) is 17.8. The molecule has 2 fully saturated rings. The van der Waals surface area contributed by atoms with Crippen LogP contribution in [0.25, 0.3) is 0 Å². The predicted octanol–water partition coefficient (Wildman–Crippen LogP) is 1.43. The molecular formula is C19H27N3O3. The van der Waals surface area contributed by atoms with Gasteiger partial charge in [0.2, 0.25) is 5.91 Å². The van der Waals surface area contributed by atoms with Crippen LogP contribution in [0.1, 0.15) is 41.7 Å². The SMILES string of the molecule is CNC(=O)c1cccc(C2CN(C3CCOCC3)CCN2C(C)=O)c1. The van der Waals surface area contributed by atoms with E-state index < -0.39 is 0 Å². The van der Waals surface area contributed by atoms with Crippen molar-refractivity contribution in [2.45, 2.75) is 31.8 Å². The van der Waals surface area contributed by atoms with Crippen LogP contribution in [-0.2, 0) is 9.53 Å². The van der Waals surface area contributed by atoms with Crippen molar-refractivity contribution in [1.82, 2.24) is 15.1 Å². The third-order valence-corrected chi connectivity index (χ3v) is 5.28. The summed E-state index contributed by atoms with van der Waals surface area (Å²) >= 11 is 0. The molecule has 1 unspecified atom stereocenters. The Morgan fingerprint density at radius 2 is 1.96 bits per heavy atom. The van der Waals surface area contributed by atoms with Crippen molar-refractivity contribution in [1.29, 1.82) is 0 Å². The van der Waals surface area contributed by atoms with Crippen LogP contribution in [0, 0.1) is 0 Å². The zero-order valence-corrected chi connectivity index (χ0v) is 15.0. The molecule has 3 rings (SSSR count). The Bertz CT molecular complexity index is 628. The normalized spacial score (nSPS) is 22.6. The first-order chi connectivity index (χ1) is 12.1. The smallest absolute Gasteiger partial charge is 0.251 e. The first kappa shape index (κ1) is 17.9. The number of hydrogen-bond acceptors (Lipinski definition) is 4. The summed E-state index contributed by atoms with van der Waals surface area (Å²) in [6.07, 6.45) is 2.09. The van der Waals surface area contributed by atoms with Crippen LogP contribution in [0.5, 0.6) is 0 Å². The quantitative estimate of drug-likeness (QED) is 0.900. The molecule has 2 amide bonds. The topological polar surface area (TPSA) is 61.9 Å². The summed E-state index contributed by atoms with van der Waals surface area (Å²) in [5.74, 6) is -0.0182. The molecule has 25 heavy (non-hydrogen) atoms. The molecule has 6 heteroatoms. The number of carbonyl (C=O) groups excluding carboxylic acids is 2. The summed E-state index contributed by atoms with van der Waals surface area (Å²) in [5, 5.41) is 2.66. The molecule has 6 nitrogen and oxygen atoms in total. The molecule has 136 valence electrons. The van der Waals surface area contributed by atoms with Gasteiger partial charge in [-0.25, -0.2) is 0 Å². The third kappa shape index (κ3) is 4.02. The van der Waals surface area contributed by atoms with Gasteiger partial charge in [-0.3, -0.25) is 14.5 Å². The highest BCUT2D eigenvalue weighted by Crippen LogP contribution is 2.29. The summed E-state index contributed by atoms with van der Waals surface area (Å²) in [6.45, 7) is 5.68. The van der Waals surface area contributed by atoms with Crippen molar-refractivity contribution < 1.29 is 14.3 Å². The number of piperazine rings is 1. The van der Waals surface area contributed by atoms with E-state index in [0.29, 0.717) is 11.6 Å². The van der Waals surface area contributed by atoms with Crippen LogP contribution < -0.4 is 5.32 Å². The maximum absolute atomic E-state index is 12.1. The van der Waals surface area contributed by atoms with Crippen LogP contribution in [0.15, 0.2) is 24.3 Å². The molecule has 1 atom stereocenters. The van der Waals surface area contributed by atoms with Gasteiger partial charge in [0.1, 0.15) is 0 Å². The number of hydrogen-bond donors (Lipinski definition) is 1. The Morgan fingerprint density at radius 3 is 2.64 bits per heavy atom. The second-order valence-corrected chi connectivity index (χ2v) is 6.77. The monoisotopic (exact) mass is 345 g/mol. The predicted molar refractivity (Wildman–Crippen MR) is 95.4 cm³/mol. The van der Waals surface area contributed by atoms with Gasteiger partial charge in [0.25, 0.3) is 5.91 Å². The van der Waals surface area contributed by atoms with Gasteiger partial charge in [-0.05, 0) is 30.5 Å². The van der Waals surface area contributed by atoms with Crippen molar-refractivity contribution in [3.8, 4) is 0 Å². The second-order valence-electron chi connectivity index (χ2n) is 6.77. The molecule has 1 aromatic carbocycles. The van der Waals surface area contributed by atoms with Gasteiger partial charge in [0.05, 0.1) is 6.04 Å². The van der Waals surface area contributed by atoms with E-state index in [2.05, 4.69) is 10.2 Å². The molecule has 0 spiro atoms. The van der Waals surface area contributed by atoms with Crippen LogP contribution in [0.3, 0.4) is 0 Å². The Balaban J connectivity index is 1.83. The molecule has 0 saturated carbocycles. The van der Waals surface area contributed by atoms with Gasteiger partial charge in [-0.1, -0.05) is 12.1 Å². The number of benzene rings is 1. The van der Waals surface area contributed by atoms with E-state index in [9.17, 15) is 9.59 Å². The molecule has 2 heterocycles. The Labute approximate surface area is 149 Å². The van der Waals surface area contributed by atoms with E-state index in [1.54, 1.807) is 20.0 Å². The highest BCUT2D eigenvalue weighted by molar-refractivity contribution is 5.94. The number of nitrogens with one attached hydrogen (secondary N) is 1. The number of carbonyl (C=O) groups is 2. The van der Waals surface area contributed by atoms with Crippen LogP contribution in [-0.4, -0.2) is 67.6 Å². The van der Waals surface area contributed by atoms with E-state index in [1.165, 1.54) is 0 Å². The van der Waals surface area contributed by atoms with Gasteiger partial charge >= 0.3 is 0 Å². The second kappa shape index (κ2) is 7.97. The largest absolute Gasteiger partial charge is 0.381 e. The van der Waals surface area contributed by atoms with E-state index in [1.807, 2.05) is 23.1 Å². The van der Waals surface area contributed by atoms with Gasteiger partial charge in [-0.15, -0.1) is 0 Å². The Kier molecular flexibility index (Phi) is 5.71. The summed E-state index contributed by atoms with van der Waals surface area (Å²) in [7, 11) is 1.63. The molecule has 1 aromatic rings. The lowest BCUT2D eigenvalue weighted by atomic mass is 9.97. The molecule has 2 aliphatic heterocycles. The fraction of sp³-hybridized carbons (Fsp3) is 0.579. The van der Waals surface area contributed by atoms with E-state index in [-0.39, 0.29) is 17.9 Å². The number of amides is 2. The van der Waals surface area contributed by atoms with Gasteiger partial charge < -0.3 is 15.0 Å². The lowest BCUT2D eigenvalue weighted by Crippen LogP contribution is -2.54. The van der Waals surface area contributed by atoms with Gasteiger partial charge in [-0.2, -0.15) is 0 Å². The first-order valence-electron chi connectivity index (χ1n) is 9.01. The summed E-state index contributed by atoms with van der Waals surface area (Å²) in [5.41, 5.74) is 1.65. The standard InChI is InChI=1S/C19H27N3O3/c1-14(23)22-9-8-21(17-6-10-25-11-7-17)13-18(22)15-4-3-5-16(12-15)19(24)20-2/h3-5,12,17-18H,6-11,13H2,1-2H3,(H,20,24). The van der Waals surface area contributed by atoms with Crippen LogP contribution in [0.2, 0.25) is 0 Å². The Morgan fingerprint density at radius 1 is 1.20 bits per heavy atom. The fourth-order valence-electron chi connectivity index (χ4n) is 3.88. The lowest BCUT2D eigenvalue weighted by molar-refractivity contribution is -0.135. The van der Waals surface area contributed by atoms with Crippen molar-refractivity contribution in [2.24, 2.45) is 0 Å². The summed E-state index contributed by atoms with van der Waals surface area (Å²) in [4.78, 5) is 28.5. The van der Waals surface area contributed by atoms with Crippen molar-refractivity contribution >= 4 is 11.8 Å². The molecule has 0 radical (unpaired) electrons. The summed E-state index contributed by atoms with van der Waals surface area (Å²) in [6, 6.07) is 8.13. The molecule has 0 bridgehead atoms. The minimum absolute atomic E-state index is 0.0151. The maximum atomic E-state index is 12.1. The zero-order valence-electron chi connectivity index (χ0n) is 15.0. The van der Waals surface area contributed by atoms with Crippen molar-refractivity contribution in [2.75, 3.05) is 39.9 Å². The van der Waals surface area contributed by atoms with Gasteiger partial charge in [0, 0.05) is 58.4 Å². The minimum atomic E-state index is -0.103. The first-order valence-corrected chi connectivity index (χ1v) is 9.01. The molecular weight excluding hydrogens is 318 g/mol. The van der Waals surface area contributed by atoms with Crippen molar-refractivity contribution in [3.63, 3.8) is 0 Å². The fourth-order valence-corrected chi connectivity index (χ4v) is 3.88. The molecule has 2 aliphatic rings. The number of rotatable bonds is 3. The molecule has 1 N–H and O–H groups in total.